The van der Waals surface area contributed by atoms with Gasteiger partial charge in [0.25, 0.3) is 0 Å². The summed E-state index contributed by atoms with van der Waals surface area (Å²) in [6.45, 7) is 4.73. The van der Waals surface area contributed by atoms with Crippen molar-refractivity contribution in [2.24, 2.45) is 11.8 Å². The van der Waals surface area contributed by atoms with Crippen molar-refractivity contribution in [3.05, 3.63) is 34.3 Å². The van der Waals surface area contributed by atoms with Crippen molar-refractivity contribution < 1.29 is 9.21 Å². The second-order valence-corrected chi connectivity index (χ2v) is 5.39. The molecule has 0 aliphatic heterocycles. The van der Waals surface area contributed by atoms with E-state index >= 15 is 0 Å². The number of carbonyl (C=O) groups excluding carboxylic acids is 1. The maximum absolute atomic E-state index is 12.2. The first-order chi connectivity index (χ1) is 9.11. The third-order valence-corrected chi connectivity index (χ3v) is 3.85. The first-order valence-corrected chi connectivity index (χ1v) is 6.79. The van der Waals surface area contributed by atoms with Crippen molar-refractivity contribution in [3.63, 3.8) is 0 Å². The zero-order chi connectivity index (χ0) is 13.6. The molecule has 4 nitrogen and oxygen atoms in total. The van der Waals surface area contributed by atoms with E-state index in [4.69, 9.17) is 4.42 Å². The van der Waals surface area contributed by atoms with Crippen LogP contribution in [0.3, 0.4) is 0 Å². The summed E-state index contributed by atoms with van der Waals surface area (Å²) in [6, 6.07) is 5.32. The Morgan fingerprint density at radius 1 is 1.47 bits per heavy atom. The number of benzene rings is 1. The molecule has 19 heavy (non-hydrogen) atoms. The molecule has 3 rings (SSSR count). The average Bonchev–Trinajstić information content (AvgIpc) is 3.04. The lowest BCUT2D eigenvalue weighted by Gasteiger charge is -2.01. The number of nitrogens with zero attached hydrogens (tertiary/aromatic N) is 1. The highest BCUT2D eigenvalue weighted by Crippen LogP contribution is 2.40. The minimum absolute atomic E-state index is 0.155. The van der Waals surface area contributed by atoms with Gasteiger partial charge in [-0.15, -0.1) is 0 Å². The molecule has 0 bridgehead atoms. The number of aromatic nitrogens is 1. The first-order valence-electron chi connectivity index (χ1n) is 6.79. The van der Waals surface area contributed by atoms with Crippen LogP contribution in [-0.2, 0) is 6.54 Å². The number of Topliss-reactive ketones (excluding diaryl/α,β-unsaturated/α-hetero) is 1. The van der Waals surface area contributed by atoms with Crippen molar-refractivity contribution in [3.8, 4) is 0 Å². The molecule has 0 saturated heterocycles. The van der Waals surface area contributed by atoms with Gasteiger partial charge in [0.15, 0.2) is 11.4 Å². The van der Waals surface area contributed by atoms with E-state index < -0.39 is 0 Å². The van der Waals surface area contributed by atoms with Crippen LogP contribution in [0.2, 0.25) is 0 Å². The molecular formula is C15H17NO3. The van der Waals surface area contributed by atoms with Crippen molar-refractivity contribution in [1.82, 2.24) is 4.57 Å². The zero-order valence-electron chi connectivity index (χ0n) is 11.2. The number of hydrogen-bond acceptors (Lipinski definition) is 3. The van der Waals surface area contributed by atoms with E-state index in [1.165, 1.54) is 0 Å². The van der Waals surface area contributed by atoms with Gasteiger partial charge < -0.3 is 4.42 Å². The van der Waals surface area contributed by atoms with Gasteiger partial charge in [-0.1, -0.05) is 13.8 Å². The van der Waals surface area contributed by atoms with Crippen LogP contribution in [0.25, 0.3) is 11.1 Å². The lowest BCUT2D eigenvalue weighted by atomic mass is 10.1. The van der Waals surface area contributed by atoms with Gasteiger partial charge in [-0.05, 0) is 37.0 Å². The highest BCUT2D eigenvalue weighted by molar-refractivity contribution is 6.01. The molecule has 2 aromatic rings. The maximum Gasteiger partial charge on any atom is 0.419 e. The predicted octanol–water partition coefficient (Wildman–Crippen LogP) is 2.84. The third-order valence-electron chi connectivity index (χ3n) is 3.85. The molecule has 1 heterocycles. The Morgan fingerprint density at radius 3 is 2.84 bits per heavy atom. The molecule has 2 unspecified atom stereocenters. The third kappa shape index (κ3) is 2.01. The summed E-state index contributed by atoms with van der Waals surface area (Å²) in [5.74, 6) is 0.461. The Balaban J connectivity index is 2.02. The molecule has 4 heteroatoms. The van der Waals surface area contributed by atoms with E-state index in [0.29, 0.717) is 23.6 Å². The largest absolute Gasteiger partial charge is 0.419 e. The number of aryl methyl sites for hydroxylation is 1. The van der Waals surface area contributed by atoms with E-state index in [0.717, 1.165) is 18.4 Å². The maximum atomic E-state index is 12.2. The topological polar surface area (TPSA) is 52.2 Å². The summed E-state index contributed by atoms with van der Waals surface area (Å²) in [7, 11) is 0. The number of carbonyl (C=O) groups is 1. The van der Waals surface area contributed by atoms with E-state index in [1.54, 1.807) is 16.7 Å². The van der Waals surface area contributed by atoms with Crippen LogP contribution < -0.4 is 5.76 Å². The number of oxazole rings is 1. The second kappa shape index (κ2) is 4.37. The molecule has 2 atom stereocenters. The Kier molecular flexibility index (Phi) is 2.81. The van der Waals surface area contributed by atoms with E-state index in [-0.39, 0.29) is 17.5 Å². The number of fused-ring (bicyclic) bond motifs is 1. The van der Waals surface area contributed by atoms with Gasteiger partial charge in [0, 0.05) is 18.0 Å². The van der Waals surface area contributed by atoms with E-state index in [2.05, 4.69) is 6.92 Å². The van der Waals surface area contributed by atoms with Gasteiger partial charge in [-0.2, -0.15) is 0 Å². The van der Waals surface area contributed by atoms with Crippen molar-refractivity contribution >= 4 is 16.9 Å². The average molecular weight is 259 g/mol. The molecular weight excluding hydrogens is 242 g/mol. The van der Waals surface area contributed by atoms with Crippen LogP contribution in [0.15, 0.2) is 27.4 Å². The molecule has 0 amide bonds. The number of hydrogen-bond donors (Lipinski definition) is 0. The fourth-order valence-electron chi connectivity index (χ4n) is 2.56. The molecule has 1 saturated carbocycles. The summed E-state index contributed by atoms with van der Waals surface area (Å²) < 4.78 is 6.84. The van der Waals surface area contributed by atoms with Gasteiger partial charge in [0.2, 0.25) is 0 Å². The summed E-state index contributed by atoms with van der Waals surface area (Å²) in [5, 5.41) is 0. The van der Waals surface area contributed by atoms with Crippen LogP contribution in [0.4, 0.5) is 0 Å². The molecule has 1 aliphatic carbocycles. The fourth-order valence-corrected chi connectivity index (χ4v) is 2.56. The molecule has 1 aromatic carbocycles. The van der Waals surface area contributed by atoms with Gasteiger partial charge in [0.05, 0.1) is 5.52 Å². The quantitative estimate of drug-likeness (QED) is 0.793. The molecule has 1 fully saturated rings. The normalized spacial score (nSPS) is 21.8. The Bertz CT molecular complexity index is 695. The molecule has 0 radical (unpaired) electrons. The monoisotopic (exact) mass is 259 g/mol. The van der Waals surface area contributed by atoms with Crippen molar-refractivity contribution in [2.45, 2.75) is 33.2 Å². The van der Waals surface area contributed by atoms with E-state index in [1.807, 2.05) is 13.0 Å². The standard InChI is InChI=1S/C15H17NO3/c1-3-6-16-12-5-4-10(8-13(12)19-15(16)18)14(17)11-7-9(11)2/h4-5,8-9,11H,3,6-7H2,1-2H3. The second-order valence-electron chi connectivity index (χ2n) is 5.39. The van der Waals surface area contributed by atoms with Gasteiger partial charge >= 0.3 is 5.76 Å². The predicted molar refractivity (Wildman–Crippen MR) is 72.4 cm³/mol. The zero-order valence-corrected chi connectivity index (χ0v) is 11.2. The van der Waals surface area contributed by atoms with Crippen molar-refractivity contribution in [2.75, 3.05) is 0 Å². The van der Waals surface area contributed by atoms with Crippen LogP contribution in [-0.4, -0.2) is 10.4 Å². The van der Waals surface area contributed by atoms with Crippen LogP contribution in [0.1, 0.15) is 37.0 Å². The summed E-state index contributed by atoms with van der Waals surface area (Å²) in [5.41, 5.74) is 1.93. The van der Waals surface area contributed by atoms with E-state index in [9.17, 15) is 9.59 Å². The van der Waals surface area contributed by atoms with Crippen LogP contribution >= 0.6 is 0 Å². The Hall–Kier alpha value is -1.84. The van der Waals surface area contributed by atoms with Crippen molar-refractivity contribution in [1.29, 1.82) is 0 Å². The lowest BCUT2D eigenvalue weighted by molar-refractivity contribution is 0.0962. The van der Waals surface area contributed by atoms with Gasteiger partial charge in [0.1, 0.15) is 0 Å². The first kappa shape index (κ1) is 12.2. The highest BCUT2D eigenvalue weighted by atomic mass is 16.4. The molecule has 1 aromatic heterocycles. The Labute approximate surface area is 111 Å². The van der Waals surface area contributed by atoms with Gasteiger partial charge in [-0.25, -0.2) is 4.79 Å². The molecule has 100 valence electrons. The smallest absolute Gasteiger partial charge is 0.408 e. The molecule has 1 aliphatic rings. The summed E-state index contributed by atoms with van der Waals surface area (Å²) >= 11 is 0. The SMILES string of the molecule is CCCn1c(=O)oc2cc(C(=O)C3CC3C)ccc21. The number of ketones is 1. The fraction of sp³-hybridized carbons (Fsp3) is 0.467. The summed E-state index contributed by atoms with van der Waals surface area (Å²) in [6.07, 6.45) is 1.84. The minimum atomic E-state index is -0.346. The molecule has 0 spiro atoms. The lowest BCUT2D eigenvalue weighted by Crippen LogP contribution is -2.13. The number of rotatable bonds is 4. The van der Waals surface area contributed by atoms with Crippen LogP contribution in [0.5, 0.6) is 0 Å². The van der Waals surface area contributed by atoms with Crippen LogP contribution in [0, 0.1) is 11.8 Å². The Morgan fingerprint density at radius 2 is 2.21 bits per heavy atom. The summed E-state index contributed by atoms with van der Waals surface area (Å²) in [4.78, 5) is 23.9. The van der Waals surface area contributed by atoms with Gasteiger partial charge in [-0.3, -0.25) is 9.36 Å². The molecule has 0 N–H and O–H groups in total. The highest BCUT2D eigenvalue weighted by Gasteiger charge is 2.39. The minimum Gasteiger partial charge on any atom is -0.408 e.